The molecule has 0 unspecified atom stereocenters. The van der Waals surface area contributed by atoms with Crippen LogP contribution in [-0.2, 0) is 34.9 Å². The van der Waals surface area contributed by atoms with E-state index in [4.69, 9.17) is 13.2 Å². The number of rotatable bonds is 11. The Labute approximate surface area is 220 Å². The fourth-order valence-corrected chi connectivity index (χ4v) is 5.60. The molecule has 2 aromatic rings. The van der Waals surface area contributed by atoms with Gasteiger partial charge in [0, 0.05) is 28.3 Å². The lowest BCUT2D eigenvalue weighted by atomic mass is 10.0. The summed E-state index contributed by atoms with van der Waals surface area (Å²) < 4.78 is 50.0. The molecule has 0 saturated carbocycles. The van der Waals surface area contributed by atoms with Crippen LogP contribution in [0.15, 0.2) is 29.3 Å². The van der Waals surface area contributed by atoms with Gasteiger partial charge in [-0.2, -0.15) is 18.9 Å². The molecule has 0 aliphatic rings. The number of carbonyl (C=O) groups excluding carboxylic acids is 1. The van der Waals surface area contributed by atoms with Crippen LogP contribution in [0.1, 0.15) is 34.4 Å². The SMILES string of the molecule is CCc1c(C#N)c(S[C@@H](C(=O)NP(=O)(OC)OC)c2ccc(OS(C)(=O)=O)cc2)nc(N(C)C)c1C#N. The molecule has 0 radical (unpaired) electrons. The Bertz CT molecular complexity index is 1390. The van der Waals surface area contributed by atoms with E-state index in [1.807, 2.05) is 0 Å². The molecule has 0 spiro atoms. The third kappa shape index (κ3) is 7.44. The number of nitrogens with one attached hydrogen (secondary N) is 1. The Hall–Kier alpha value is -3.13. The standard InChI is InChI=1S/C22H26N5O7PS2/c1-7-16-17(12-23)20(27(2)3)25-22(18(16)13-24)36-19(21(28)26-35(29,32-4)33-5)14-8-10-15(11-9-14)34-37(6,30)31/h8-11,19H,7H2,1-6H3,(H,26,28,29)/t19-/m1/s1. The first-order valence-corrected chi connectivity index (χ1v) is 14.8. The minimum Gasteiger partial charge on any atom is -0.383 e. The van der Waals surface area contributed by atoms with Crippen molar-refractivity contribution in [1.29, 1.82) is 10.5 Å². The Kier molecular flexibility index (Phi) is 10.1. The summed E-state index contributed by atoms with van der Waals surface area (Å²) in [5.41, 5.74) is 1.20. The number of benzene rings is 1. The molecule has 2 rings (SSSR count). The average Bonchev–Trinajstić information content (AvgIpc) is 2.85. The highest BCUT2D eigenvalue weighted by molar-refractivity contribution is 8.00. The molecule has 1 heterocycles. The largest absolute Gasteiger partial charge is 0.434 e. The van der Waals surface area contributed by atoms with E-state index < -0.39 is 29.0 Å². The summed E-state index contributed by atoms with van der Waals surface area (Å²) in [7, 11) is -2.15. The molecule has 0 aliphatic carbocycles. The Morgan fingerprint density at radius 2 is 1.73 bits per heavy atom. The number of pyridine rings is 1. The number of aromatic nitrogens is 1. The van der Waals surface area contributed by atoms with Gasteiger partial charge in [-0.05, 0) is 29.7 Å². The zero-order chi connectivity index (χ0) is 28.0. The van der Waals surface area contributed by atoms with Crippen LogP contribution in [-0.4, -0.2) is 53.9 Å². The van der Waals surface area contributed by atoms with E-state index in [0.29, 0.717) is 23.4 Å². The first kappa shape index (κ1) is 30.1. The molecular weight excluding hydrogens is 541 g/mol. The summed E-state index contributed by atoms with van der Waals surface area (Å²) in [6.07, 6.45) is 1.26. The summed E-state index contributed by atoms with van der Waals surface area (Å²) in [4.78, 5) is 19.5. The molecule has 0 fully saturated rings. The van der Waals surface area contributed by atoms with E-state index in [0.717, 1.165) is 32.2 Å². The second kappa shape index (κ2) is 12.4. The minimum atomic E-state index is -3.98. The van der Waals surface area contributed by atoms with E-state index in [1.165, 1.54) is 24.3 Å². The molecule has 1 aromatic carbocycles. The first-order valence-electron chi connectivity index (χ1n) is 10.6. The number of hydrogen-bond donors (Lipinski definition) is 1. The number of anilines is 1. The van der Waals surface area contributed by atoms with Crippen LogP contribution >= 0.6 is 19.5 Å². The number of carbonyl (C=O) groups is 1. The fraction of sp³-hybridized carbons (Fsp3) is 0.364. The maximum absolute atomic E-state index is 13.3. The van der Waals surface area contributed by atoms with Crippen LogP contribution in [0.2, 0.25) is 0 Å². The molecule has 0 saturated heterocycles. The monoisotopic (exact) mass is 567 g/mol. The number of nitriles is 2. The number of hydrogen-bond acceptors (Lipinski definition) is 12. The van der Waals surface area contributed by atoms with Crippen LogP contribution in [0.5, 0.6) is 5.75 Å². The Morgan fingerprint density at radius 1 is 1.16 bits per heavy atom. The second-order valence-corrected chi connectivity index (χ2v) is 12.3. The lowest BCUT2D eigenvalue weighted by Crippen LogP contribution is -2.27. The first-order chi connectivity index (χ1) is 17.3. The molecule has 15 heteroatoms. The van der Waals surface area contributed by atoms with Crippen molar-refractivity contribution in [2.75, 3.05) is 39.5 Å². The van der Waals surface area contributed by atoms with E-state index in [1.54, 1.807) is 25.9 Å². The summed E-state index contributed by atoms with van der Waals surface area (Å²) in [5.74, 6) is -0.447. The van der Waals surface area contributed by atoms with Crippen LogP contribution in [0.3, 0.4) is 0 Å². The molecule has 1 aromatic heterocycles. The van der Waals surface area contributed by atoms with Crippen molar-refractivity contribution in [1.82, 2.24) is 10.1 Å². The summed E-state index contributed by atoms with van der Waals surface area (Å²) >= 11 is 0.889. The molecule has 0 aliphatic heterocycles. The van der Waals surface area contributed by atoms with Crippen molar-refractivity contribution < 1.29 is 31.0 Å². The zero-order valence-electron chi connectivity index (χ0n) is 21.0. The van der Waals surface area contributed by atoms with E-state index in [2.05, 4.69) is 22.2 Å². The fourth-order valence-electron chi connectivity index (χ4n) is 3.21. The van der Waals surface area contributed by atoms with Gasteiger partial charge < -0.3 is 9.08 Å². The van der Waals surface area contributed by atoms with Gasteiger partial charge in [-0.1, -0.05) is 30.8 Å². The number of nitrogens with zero attached hydrogens (tertiary/aromatic N) is 4. The third-order valence-corrected chi connectivity index (χ3v) is 8.07. The van der Waals surface area contributed by atoms with Gasteiger partial charge >= 0.3 is 17.9 Å². The lowest BCUT2D eigenvalue weighted by Gasteiger charge is -2.22. The lowest BCUT2D eigenvalue weighted by molar-refractivity contribution is -0.119. The molecule has 37 heavy (non-hydrogen) atoms. The average molecular weight is 568 g/mol. The van der Waals surface area contributed by atoms with Gasteiger partial charge in [-0.15, -0.1) is 0 Å². The smallest absolute Gasteiger partial charge is 0.383 e. The predicted octanol–water partition coefficient (Wildman–Crippen LogP) is 3.14. The highest BCUT2D eigenvalue weighted by Crippen LogP contribution is 2.45. The van der Waals surface area contributed by atoms with Gasteiger partial charge in [0.2, 0.25) is 5.91 Å². The van der Waals surface area contributed by atoms with E-state index in [-0.39, 0.29) is 21.9 Å². The topological polar surface area (TPSA) is 172 Å². The van der Waals surface area contributed by atoms with Crippen molar-refractivity contribution in [3.63, 3.8) is 0 Å². The van der Waals surface area contributed by atoms with Crippen molar-refractivity contribution in [3.8, 4) is 17.9 Å². The molecule has 1 amide bonds. The zero-order valence-corrected chi connectivity index (χ0v) is 23.5. The number of thioether (sulfide) groups is 1. The van der Waals surface area contributed by atoms with Gasteiger partial charge in [0.05, 0.1) is 17.4 Å². The van der Waals surface area contributed by atoms with Crippen LogP contribution in [0, 0.1) is 22.7 Å². The molecule has 198 valence electrons. The molecular formula is C22H26N5O7PS2. The van der Waals surface area contributed by atoms with Crippen LogP contribution in [0.4, 0.5) is 5.82 Å². The van der Waals surface area contributed by atoms with E-state index >= 15 is 0 Å². The molecule has 0 bridgehead atoms. The van der Waals surface area contributed by atoms with Gasteiger partial charge in [0.25, 0.3) is 0 Å². The third-order valence-electron chi connectivity index (χ3n) is 4.88. The van der Waals surface area contributed by atoms with Gasteiger partial charge in [0.1, 0.15) is 34.0 Å². The molecule has 1 atom stereocenters. The van der Waals surface area contributed by atoms with Gasteiger partial charge in [-0.3, -0.25) is 18.9 Å². The quantitative estimate of drug-likeness (QED) is 0.239. The van der Waals surface area contributed by atoms with Gasteiger partial charge in [0.15, 0.2) is 0 Å². The predicted molar refractivity (Wildman–Crippen MR) is 138 cm³/mol. The Balaban J connectivity index is 2.68. The summed E-state index contributed by atoms with van der Waals surface area (Å²) in [5, 5.41) is 20.9. The normalized spacial score (nSPS) is 12.2. The second-order valence-electron chi connectivity index (χ2n) is 7.63. The molecule has 1 N–H and O–H groups in total. The highest BCUT2D eigenvalue weighted by Gasteiger charge is 2.33. The van der Waals surface area contributed by atoms with Crippen LogP contribution < -0.4 is 14.2 Å². The Morgan fingerprint density at radius 3 is 2.16 bits per heavy atom. The van der Waals surface area contributed by atoms with Gasteiger partial charge in [-0.25, -0.2) is 9.55 Å². The van der Waals surface area contributed by atoms with Crippen molar-refractivity contribution in [2.24, 2.45) is 0 Å². The van der Waals surface area contributed by atoms with E-state index in [9.17, 15) is 28.3 Å². The maximum Gasteiger partial charge on any atom is 0.434 e. The maximum atomic E-state index is 13.3. The highest BCUT2D eigenvalue weighted by atomic mass is 32.2. The van der Waals surface area contributed by atoms with Crippen molar-refractivity contribution in [2.45, 2.75) is 23.6 Å². The van der Waals surface area contributed by atoms with Crippen molar-refractivity contribution >= 4 is 41.4 Å². The van der Waals surface area contributed by atoms with Crippen LogP contribution in [0.25, 0.3) is 0 Å². The number of amides is 1. The van der Waals surface area contributed by atoms with Crippen molar-refractivity contribution in [3.05, 3.63) is 46.5 Å². The minimum absolute atomic E-state index is 0.0206. The molecule has 12 nitrogen and oxygen atoms in total. The summed E-state index contributed by atoms with van der Waals surface area (Å²) in [6.45, 7) is 1.79. The summed E-state index contributed by atoms with van der Waals surface area (Å²) in [6, 6.07) is 9.78.